The summed E-state index contributed by atoms with van der Waals surface area (Å²) < 4.78 is 0. The molecule has 0 bridgehead atoms. The second-order valence-corrected chi connectivity index (χ2v) is 5.57. The first kappa shape index (κ1) is 15.4. The Morgan fingerprint density at radius 3 is 1.62 bits per heavy atom. The first-order chi connectivity index (χ1) is 9.99. The Bertz CT molecular complexity index is 569. The van der Waals surface area contributed by atoms with Gasteiger partial charge in [0.2, 0.25) is 0 Å². The standard InChI is InChI=1S/C18H23NO2/c1-4-19(11-15-9-13(2)5-7-17(15)20)12-16-10-14(3)6-8-18(16)21/h5-10,20-21H,4,11-12H2,1-3H3. The van der Waals surface area contributed by atoms with Gasteiger partial charge in [0.1, 0.15) is 11.5 Å². The molecule has 0 aliphatic rings. The fourth-order valence-electron chi connectivity index (χ4n) is 2.44. The lowest BCUT2D eigenvalue weighted by atomic mass is 10.1. The first-order valence-electron chi connectivity index (χ1n) is 7.29. The number of hydrogen-bond acceptors (Lipinski definition) is 3. The van der Waals surface area contributed by atoms with Crippen molar-refractivity contribution in [3.8, 4) is 11.5 Å². The zero-order valence-electron chi connectivity index (χ0n) is 12.9. The van der Waals surface area contributed by atoms with E-state index in [1.165, 1.54) is 0 Å². The van der Waals surface area contributed by atoms with Crippen LogP contribution in [0.4, 0.5) is 0 Å². The van der Waals surface area contributed by atoms with Gasteiger partial charge in [0.25, 0.3) is 0 Å². The van der Waals surface area contributed by atoms with Crippen LogP contribution in [0, 0.1) is 13.8 Å². The molecule has 2 rings (SSSR count). The molecule has 0 spiro atoms. The third-order valence-corrected chi connectivity index (χ3v) is 3.71. The normalized spacial score (nSPS) is 11.0. The molecule has 0 fully saturated rings. The Balaban J connectivity index is 2.16. The summed E-state index contributed by atoms with van der Waals surface area (Å²) in [6, 6.07) is 11.3. The van der Waals surface area contributed by atoms with Gasteiger partial charge in [-0.15, -0.1) is 0 Å². The Kier molecular flexibility index (Phi) is 4.86. The predicted octanol–water partition coefficient (Wildman–Crippen LogP) is 3.74. The van der Waals surface area contributed by atoms with Crippen LogP contribution in [0.25, 0.3) is 0 Å². The molecule has 3 nitrogen and oxygen atoms in total. The fraction of sp³-hybridized carbons (Fsp3) is 0.333. The van der Waals surface area contributed by atoms with Crippen molar-refractivity contribution in [1.29, 1.82) is 0 Å². The van der Waals surface area contributed by atoms with E-state index in [0.29, 0.717) is 24.6 Å². The van der Waals surface area contributed by atoms with Gasteiger partial charge < -0.3 is 10.2 Å². The Labute approximate surface area is 126 Å². The van der Waals surface area contributed by atoms with Gasteiger partial charge in [0.15, 0.2) is 0 Å². The Hall–Kier alpha value is -2.00. The van der Waals surface area contributed by atoms with E-state index in [2.05, 4.69) is 11.8 Å². The number of benzene rings is 2. The van der Waals surface area contributed by atoms with E-state index in [1.54, 1.807) is 12.1 Å². The molecule has 0 atom stereocenters. The van der Waals surface area contributed by atoms with Crippen molar-refractivity contribution < 1.29 is 10.2 Å². The maximum absolute atomic E-state index is 9.97. The second-order valence-electron chi connectivity index (χ2n) is 5.57. The SMILES string of the molecule is CCN(Cc1cc(C)ccc1O)Cc1cc(C)ccc1O. The number of hydrogen-bond donors (Lipinski definition) is 2. The quantitative estimate of drug-likeness (QED) is 0.879. The van der Waals surface area contributed by atoms with Gasteiger partial charge in [0, 0.05) is 24.2 Å². The van der Waals surface area contributed by atoms with Crippen molar-refractivity contribution in [1.82, 2.24) is 4.90 Å². The molecule has 0 saturated heterocycles. The summed E-state index contributed by atoms with van der Waals surface area (Å²) in [7, 11) is 0. The van der Waals surface area contributed by atoms with Gasteiger partial charge in [-0.2, -0.15) is 0 Å². The molecule has 0 aliphatic heterocycles. The number of aryl methyl sites for hydroxylation is 2. The monoisotopic (exact) mass is 285 g/mol. The molecule has 2 aromatic rings. The minimum Gasteiger partial charge on any atom is -0.508 e. The molecule has 0 saturated carbocycles. The highest BCUT2D eigenvalue weighted by atomic mass is 16.3. The molecule has 0 aliphatic carbocycles. The van der Waals surface area contributed by atoms with E-state index in [1.807, 2.05) is 38.1 Å². The smallest absolute Gasteiger partial charge is 0.120 e. The van der Waals surface area contributed by atoms with E-state index in [-0.39, 0.29) is 0 Å². The van der Waals surface area contributed by atoms with Crippen LogP contribution in [-0.4, -0.2) is 21.7 Å². The highest BCUT2D eigenvalue weighted by Crippen LogP contribution is 2.24. The molecule has 0 aromatic heterocycles. The number of phenolic OH excluding ortho intramolecular Hbond substituents is 2. The highest BCUT2D eigenvalue weighted by Gasteiger charge is 2.11. The number of rotatable bonds is 5. The van der Waals surface area contributed by atoms with Gasteiger partial charge in [-0.25, -0.2) is 0 Å². The van der Waals surface area contributed by atoms with Gasteiger partial charge >= 0.3 is 0 Å². The minimum absolute atomic E-state index is 0.326. The van der Waals surface area contributed by atoms with Crippen LogP contribution in [0.5, 0.6) is 11.5 Å². The van der Waals surface area contributed by atoms with Crippen molar-refractivity contribution in [2.45, 2.75) is 33.9 Å². The lowest BCUT2D eigenvalue weighted by molar-refractivity contribution is 0.263. The molecule has 112 valence electrons. The average Bonchev–Trinajstić information content (AvgIpc) is 2.45. The third-order valence-electron chi connectivity index (χ3n) is 3.71. The minimum atomic E-state index is 0.326. The molecule has 0 heterocycles. The van der Waals surface area contributed by atoms with Crippen molar-refractivity contribution >= 4 is 0 Å². The van der Waals surface area contributed by atoms with Crippen molar-refractivity contribution in [3.63, 3.8) is 0 Å². The summed E-state index contributed by atoms with van der Waals surface area (Å²) in [6.45, 7) is 8.30. The third kappa shape index (κ3) is 3.99. The molecule has 0 radical (unpaired) electrons. The molecule has 2 aromatic carbocycles. The van der Waals surface area contributed by atoms with Gasteiger partial charge in [-0.3, -0.25) is 4.90 Å². The summed E-state index contributed by atoms with van der Waals surface area (Å²) in [4.78, 5) is 2.20. The molecular weight excluding hydrogens is 262 g/mol. The Morgan fingerprint density at radius 2 is 1.24 bits per heavy atom. The molecule has 21 heavy (non-hydrogen) atoms. The Morgan fingerprint density at radius 1 is 0.810 bits per heavy atom. The van der Waals surface area contributed by atoms with Crippen LogP contribution in [0.2, 0.25) is 0 Å². The van der Waals surface area contributed by atoms with E-state index >= 15 is 0 Å². The zero-order valence-corrected chi connectivity index (χ0v) is 12.9. The largest absolute Gasteiger partial charge is 0.508 e. The summed E-state index contributed by atoms with van der Waals surface area (Å²) in [5.41, 5.74) is 4.11. The second kappa shape index (κ2) is 6.64. The van der Waals surface area contributed by atoms with Gasteiger partial charge in [-0.1, -0.05) is 42.3 Å². The molecule has 0 unspecified atom stereocenters. The first-order valence-corrected chi connectivity index (χ1v) is 7.29. The van der Waals surface area contributed by atoms with E-state index in [4.69, 9.17) is 0 Å². The summed E-state index contributed by atoms with van der Waals surface area (Å²) >= 11 is 0. The van der Waals surface area contributed by atoms with Crippen LogP contribution in [-0.2, 0) is 13.1 Å². The van der Waals surface area contributed by atoms with E-state index in [9.17, 15) is 10.2 Å². The fourth-order valence-corrected chi connectivity index (χ4v) is 2.44. The molecular formula is C18H23NO2. The van der Waals surface area contributed by atoms with Crippen LogP contribution in [0.15, 0.2) is 36.4 Å². The lowest BCUT2D eigenvalue weighted by Gasteiger charge is -2.22. The van der Waals surface area contributed by atoms with E-state index < -0.39 is 0 Å². The average molecular weight is 285 g/mol. The van der Waals surface area contributed by atoms with Crippen LogP contribution < -0.4 is 0 Å². The number of phenols is 2. The van der Waals surface area contributed by atoms with Gasteiger partial charge in [0.05, 0.1) is 0 Å². The number of aromatic hydroxyl groups is 2. The molecule has 0 amide bonds. The molecule has 3 heteroatoms. The van der Waals surface area contributed by atoms with E-state index in [0.717, 1.165) is 28.8 Å². The zero-order chi connectivity index (χ0) is 15.4. The summed E-state index contributed by atoms with van der Waals surface area (Å²) in [5.74, 6) is 0.653. The van der Waals surface area contributed by atoms with Crippen molar-refractivity contribution in [2.75, 3.05) is 6.54 Å². The van der Waals surface area contributed by atoms with Gasteiger partial charge in [-0.05, 0) is 32.5 Å². The number of nitrogens with zero attached hydrogens (tertiary/aromatic N) is 1. The van der Waals surface area contributed by atoms with Crippen molar-refractivity contribution in [3.05, 3.63) is 58.7 Å². The maximum Gasteiger partial charge on any atom is 0.120 e. The summed E-state index contributed by atoms with van der Waals surface area (Å²) in [6.07, 6.45) is 0. The maximum atomic E-state index is 9.97. The van der Waals surface area contributed by atoms with Crippen LogP contribution in [0.3, 0.4) is 0 Å². The predicted molar refractivity (Wildman–Crippen MR) is 85.5 cm³/mol. The molecule has 2 N–H and O–H groups in total. The van der Waals surface area contributed by atoms with Crippen LogP contribution in [0.1, 0.15) is 29.2 Å². The lowest BCUT2D eigenvalue weighted by Crippen LogP contribution is -2.22. The van der Waals surface area contributed by atoms with Crippen LogP contribution >= 0.6 is 0 Å². The topological polar surface area (TPSA) is 43.7 Å². The highest BCUT2D eigenvalue weighted by molar-refractivity contribution is 5.37. The summed E-state index contributed by atoms with van der Waals surface area (Å²) in [5, 5.41) is 19.9. The van der Waals surface area contributed by atoms with Crippen molar-refractivity contribution in [2.24, 2.45) is 0 Å².